The van der Waals surface area contributed by atoms with Gasteiger partial charge in [0, 0.05) is 43.4 Å². The quantitative estimate of drug-likeness (QED) is 0.256. The van der Waals surface area contributed by atoms with Crippen LogP contribution in [0.2, 0.25) is 0 Å². The molecule has 220 valence electrons. The first-order valence-electron chi connectivity index (χ1n) is 12.6. The Kier molecular flexibility index (Phi) is 7.74. The van der Waals surface area contributed by atoms with E-state index in [0.717, 1.165) is 6.07 Å². The third kappa shape index (κ3) is 5.71. The second-order valence-corrected chi connectivity index (χ2v) is 11.7. The van der Waals surface area contributed by atoms with E-state index in [-0.39, 0.29) is 44.1 Å². The van der Waals surface area contributed by atoms with Crippen LogP contribution in [-0.4, -0.2) is 80.1 Å². The number of alkyl halides is 2. The van der Waals surface area contributed by atoms with Crippen LogP contribution >= 0.6 is 0 Å². The Morgan fingerprint density at radius 1 is 1.14 bits per heavy atom. The number of rotatable bonds is 10. The number of hydrogen-bond donors (Lipinski definition) is 1. The molecule has 0 fully saturated rings. The van der Waals surface area contributed by atoms with Crippen molar-refractivity contribution in [2.45, 2.75) is 35.9 Å². The lowest BCUT2D eigenvalue weighted by molar-refractivity contribution is -0.0494. The van der Waals surface area contributed by atoms with Crippen molar-refractivity contribution in [3.8, 4) is 17.0 Å². The third-order valence-electron chi connectivity index (χ3n) is 6.59. The smallest absolute Gasteiger partial charge is 0.387 e. The number of carbonyl (C=O) groups excluding carboxylic acids is 1. The van der Waals surface area contributed by atoms with E-state index in [1.807, 2.05) is 25.9 Å². The molecule has 1 atom stereocenters. The minimum atomic E-state index is -4.12. The molecule has 0 saturated carbocycles. The number of sulfone groups is 1. The number of aryl methyl sites for hydroxylation is 1. The van der Waals surface area contributed by atoms with Crippen molar-refractivity contribution < 1.29 is 26.7 Å². The lowest BCUT2D eigenvalue weighted by Gasteiger charge is -2.19. The molecule has 0 spiro atoms. The molecule has 1 amide bonds. The average molecular weight is 600 g/mol. The molecule has 4 aromatic heterocycles. The van der Waals surface area contributed by atoms with E-state index in [4.69, 9.17) is 4.74 Å². The van der Waals surface area contributed by atoms with E-state index in [2.05, 4.69) is 25.6 Å². The van der Waals surface area contributed by atoms with Crippen LogP contribution in [0.1, 0.15) is 17.3 Å². The summed E-state index contributed by atoms with van der Waals surface area (Å²) in [7, 11) is 1.25. The number of carbonyl (C=O) groups is 1. The third-order valence-corrected chi connectivity index (χ3v) is 8.29. The highest BCUT2D eigenvalue weighted by Gasteiger charge is 2.26. The standard InChI is InChI=1S/C26H27F2N9O4S/c1-16(34(2)3)13-36-14-18(11-30-36)42(39,40)17-6-7-22(41-26(27)28)19(10-17)23-21(15-35(4)33-23)32-25(38)20-12-31-37-9-5-8-29-24(20)37/h5-12,14-16,26H,13H2,1-4H3,(H,32,38). The Labute approximate surface area is 239 Å². The van der Waals surface area contributed by atoms with E-state index in [9.17, 15) is 22.0 Å². The summed E-state index contributed by atoms with van der Waals surface area (Å²) in [6.07, 6.45) is 8.57. The summed E-state index contributed by atoms with van der Waals surface area (Å²) in [5.41, 5.74) is 0.525. The first-order chi connectivity index (χ1) is 19.9. The zero-order valence-electron chi connectivity index (χ0n) is 23.0. The van der Waals surface area contributed by atoms with Crippen molar-refractivity contribution >= 4 is 27.1 Å². The van der Waals surface area contributed by atoms with Crippen LogP contribution < -0.4 is 10.1 Å². The van der Waals surface area contributed by atoms with Crippen LogP contribution in [0, 0.1) is 0 Å². The number of amides is 1. The van der Waals surface area contributed by atoms with Gasteiger partial charge in [0.25, 0.3) is 5.91 Å². The molecule has 0 aliphatic rings. The van der Waals surface area contributed by atoms with E-state index < -0.39 is 22.4 Å². The van der Waals surface area contributed by atoms with Crippen molar-refractivity contribution in [3.05, 3.63) is 67.0 Å². The largest absolute Gasteiger partial charge is 0.434 e. The van der Waals surface area contributed by atoms with Crippen LogP contribution in [0.15, 0.2) is 71.2 Å². The number of fused-ring (bicyclic) bond motifs is 1. The number of ether oxygens (including phenoxy) is 1. The molecule has 42 heavy (non-hydrogen) atoms. The minimum Gasteiger partial charge on any atom is -0.434 e. The van der Waals surface area contributed by atoms with E-state index >= 15 is 0 Å². The molecule has 1 aromatic carbocycles. The lowest BCUT2D eigenvalue weighted by atomic mass is 10.1. The van der Waals surface area contributed by atoms with Gasteiger partial charge in [-0.3, -0.25) is 14.2 Å². The molecule has 0 aliphatic heterocycles. The lowest BCUT2D eigenvalue weighted by Crippen LogP contribution is -2.29. The fourth-order valence-corrected chi connectivity index (χ4v) is 5.41. The van der Waals surface area contributed by atoms with Crippen LogP contribution in [0.4, 0.5) is 14.5 Å². The van der Waals surface area contributed by atoms with E-state index in [0.29, 0.717) is 12.2 Å². The van der Waals surface area contributed by atoms with Gasteiger partial charge in [0.1, 0.15) is 21.9 Å². The van der Waals surface area contributed by atoms with Gasteiger partial charge in [-0.2, -0.15) is 24.1 Å². The summed E-state index contributed by atoms with van der Waals surface area (Å²) in [5, 5.41) is 15.3. The molecular weight excluding hydrogens is 572 g/mol. The number of hydrogen-bond acceptors (Lipinski definition) is 9. The topological polar surface area (TPSA) is 142 Å². The molecule has 0 aliphatic carbocycles. The van der Waals surface area contributed by atoms with Crippen molar-refractivity contribution in [1.82, 2.24) is 39.1 Å². The monoisotopic (exact) mass is 599 g/mol. The van der Waals surface area contributed by atoms with Crippen LogP contribution in [0.5, 0.6) is 5.75 Å². The van der Waals surface area contributed by atoms with Gasteiger partial charge in [0.15, 0.2) is 5.65 Å². The molecule has 0 radical (unpaired) electrons. The van der Waals surface area contributed by atoms with E-state index in [1.54, 1.807) is 19.3 Å². The highest BCUT2D eigenvalue weighted by atomic mass is 32.2. The van der Waals surface area contributed by atoms with Crippen LogP contribution in [0.3, 0.4) is 0 Å². The van der Waals surface area contributed by atoms with Crippen molar-refractivity contribution in [2.24, 2.45) is 7.05 Å². The van der Waals surface area contributed by atoms with Crippen molar-refractivity contribution in [2.75, 3.05) is 19.4 Å². The van der Waals surface area contributed by atoms with Crippen molar-refractivity contribution in [1.29, 1.82) is 0 Å². The average Bonchev–Trinajstić information content (AvgIpc) is 3.67. The Balaban J connectivity index is 1.53. The van der Waals surface area contributed by atoms with Gasteiger partial charge >= 0.3 is 6.61 Å². The van der Waals surface area contributed by atoms with Gasteiger partial charge in [-0.25, -0.2) is 17.9 Å². The highest BCUT2D eigenvalue weighted by molar-refractivity contribution is 7.91. The number of anilines is 1. The fourth-order valence-electron chi connectivity index (χ4n) is 4.17. The number of halogens is 2. The molecule has 1 N–H and O–H groups in total. The normalized spacial score (nSPS) is 12.8. The highest BCUT2D eigenvalue weighted by Crippen LogP contribution is 2.38. The molecule has 5 rings (SSSR count). The number of nitrogens with one attached hydrogen (secondary N) is 1. The summed E-state index contributed by atoms with van der Waals surface area (Å²) in [6, 6.07) is 5.22. The maximum absolute atomic E-state index is 13.6. The summed E-state index contributed by atoms with van der Waals surface area (Å²) in [5.74, 6) is -0.913. The number of likely N-dealkylation sites (N-methyl/N-ethyl adjacent to an activating group) is 1. The predicted octanol–water partition coefficient (Wildman–Crippen LogP) is 2.96. The Bertz CT molecular complexity index is 1860. The Hall–Kier alpha value is -4.70. The maximum atomic E-state index is 13.6. The fraction of sp³-hybridized carbons (Fsp3) is 0.269. The maximum Gasteiger partial charge on any atom is 0.387 e. The van der Waals surface area contributed by atoms with Crippen molar-refractivity contribution in [3.63, 3.8) is 0 Å². The predicted molar refractivity (Wildman–Crippen MR) is 147 cm³/mol. The second-order valence-electron chi connectivity index (χ2n) is 9.72. The molecule has 4 heterocycles. The minimum absolute atomic E-state index is 0.0125. The first kappa shape index (κ1) is 28.8. The number of nitrogens with zero attached hydrogens (tertiary/aromatic N) is 8. The van der Waals surface area contributed by atoms with Gasteiger partial charge in [-0.1, -0.05) is 0 Å². The Morgan fingerprint density at radius 3 is 2.67 bits per heavy atom. The molecular formula is C26H27F2N9O4S. The van der Waals surface area contributed by atoms with Gasteiger partial charge in [-0.15, -0.1) is 0 Å². The molecule has 0 bridgehead atoms. The zero-order valence-corrected chi connectivity index (χ0v) is 23.8. The summed E-state index contributed by atoms with van der Waals surface area (Å²) >= 11 is 0. The van der Waals surface area contributed by atoms with E-state index in [1.165, 1.54) is 57.0 Å². The molecule has 0 saturated heterocycles. The van der Waals surface area contributed by atoms with Gasteiger partial charge in [0.05, 0.1) is 29.5 Å². The molecule has 13 nitrogen and oxygen atoms in total. The Morgan fingerprint density at radius 2 is 1.93 bits per heavy atom. The first-order valence-corrected chi connectivity index (χ1v) is 14.1. The second kappa shape index (κ2) is 11.3. The molecule has 16 heteroatoms. The molecule has 1 unspecified atom stereocenters. The summed E-state index contributed by atoms with van der Waals surface area (Å²) < 4.78 is 62.9. The summed E-state index contributed by atoms with van der Waals surface area (Å²) in [4.78, 5) is 19.0. The van der Waals surface area contributed by atoms with Gasteiger partial charge < -0.3 is 15.0 Å². The zero-order chi connectivity index (χ0) is 30.2. The molecule has 5 aromatic rings. The SMILES string of the molecule is CC(Cn1cc(S(=O)(=O)c2ccc(OC(F)F)c(-c3nn(C)cc3NC(=O)c3cnn4cccnc34)c2)cn1)N(C)C. The van der Waals surface area contributed by atoms with Gasteiger partial charge in [-0.05, 0) is 45.3 Å². The van der Waals surface area contributed by atoms with Gasteiger partial charge in [0.2, 0.25) is 9.84 Å². The number of aromatic nitrogens is 7. The van der Waals surface area contributed by atoms with Crippen LogP contribution in [-0.2, 0) is 23.4 Å². The van der Waals surface area contributed by atoms with Crippen LogP contribution in [0.25, 0.3) is 16.9 Å². The number of benzene rings is 1. The summed E-state index contributed by atoms with van der Waals surface area (Å²) in [6.45, 7) is -0.775.